The molecule has 0 spiro atoms. The van der Waals surface area contributed by atoms with Gasteiger partial charge < -0.3 is 9.32 Å². The van der Waals surface area contributed by atoms with E-state index in [1.807, 2.05) is 29.2 Å². The normalized spacial score (nSPS) is 14.9. The lowest BCUT2D eigenvalue weighted by atomic mass is 9.97. The molecule has 2 aromatic carbocycles. The lowest BCUT2D eigenvalue weighted by Crippen LogP contribution is -2.38. The minimum absolute atomic E-state index is 0.0963. The Bertz CT molecular complexity index is 1170. The lowest BCUT2D eigenvalue weighted by molar-refractivity contribution is -0.129. The summed E-state index contributed by atoms with van der Waals surface area (Å²) in [6, 6.07) is 15.4. The fraction of sp³-hybridized carbons (Fsp3) is 0.273. The predicted molar refractivity (Wildman–Crippen MR) is 124 cm³/mol. The molecule has 1 fully saturated rings. The first-order valence-corrected chi connectivity index (χ1v) is 12.2. The summed E-state index contributed by atoms with van der Waals surface area (Å²) >= 11 is 8.95. The van der Waals surface area contributed by atoms with Crippen LogP contribution in [-0.2, 0) is 4.79 Å². The maximum atomic E-state index is 12.7. The highest BCUT2D eigenvalue weighted by molar-refractivity contribution is 7.99. The molecule has 1 saturated heterocycles. The van der Waals surface area contributed by atoms with Crippen LogP contribution >= 0.6 is 34.7 Å². The summed E-state index contributed by atoms with van der Waals surface area (Å²) in [6.07, 6.45) is 1.88. The molecule has 0 radical (unpaired) electrons. The number of benzene rings is 2. The number of thiazole rings is 1. The van der Waals surface area contributed by atoms with Crippen LogP contribution in [0.15, 0.2) is 58.2 Å². The molecule has 1 amide bonds. The Balaban J connectivity index is 1.14. The highest BCUT2D eigenvalue weighted by Crippen LogP contribution is 2.34. The summed E-state index contributed by atoms with van der Waals surface area (Å²) in [4.78, 5) is 19.4. The van der Waals surface area contributed by atoms with Crippen LogP contribution in [0.2, 0.25) is 5.02 Å². The van der Waals surface area contributed by atoms with Crippen LogP contribution in [0.25, 0.3) is 21.7 Å². The number of hydrogen-bond donors (Lipinski definition) is 0. The number of nitrogens with zero attached hydrogens (tertiary/aromatic N) is 4. The maximum Gasteiger partial charge on any atom is 0.277 e. The smallest absolute Gasteiger partial charge is 0.277 e. The van der Waals surface area contributed by atoms with Crippen LogP contribution in [0.3, 0.4) is 0 Å². The standard InChI is InChI=1S/C22H19ClN4O2S2/c23-16-7-5-14(6-8-16)20-25-26-22(29-20)30-13-19(28)27-11-9-15(10-12-27)21-24-17-3-1-2-4-18(17)31-21/h1-8,15H,9-13H2. The second kappa shape index (κ2) is 8.98. The average Bonchev–Trinajstić information content (AvgIpc) is 3.45. The van der Waals surface area contributed by atoms with Gasteiger partial charge in [-0.25, -0.2) is 4.98 Å². The molecule has 0 N–H and O–H groups in total. The Kier molecular flexibility index (Phi) is 5.93. The number of carbonyl (C=O) groups is 1. The third kappa shape index (κ3) is 4.61. The maximum absolute atomic E-state index is 12.7. The zero-order chi connectivity index (χ0) is 21.2. The fourth-order valence-corrected chi connectivity index (χ4v) is 5.56. The Hall–Kier alpha value is -2.42. The number of halogens is 1. The highest BCUT2D eigenvalue weighted by atomic mass is 35.5. The second-order valence-corrected chi connectivity index (χ2v) is 9.77. The van der Waals surface area contributed by atoms with Crippen molar-refractivity contribution < 1.29 is 9.21 Å². The van der Waals surface area contributed by atoms with E-state index < -0.39 is 0 Å². The van der Waals surface area contributed by atoms with Gasteiger partial charge in [-0.15, -0.1) is 21.5 Å². The van der Waals surface area contributed by atoms with Crippen molar-refractivity contribution in [3.8, 4) is 11.5 Å². The van der Waals surface area contributed by atoms with Crippen LogP contribution in [-0.4, -0.2) is 44.8 Å². The predicted octanol–water partition coefficient (Wildman–Crippen LogP) is 5.50. The van der Waals surface area contributed by atoms with Crippen LogP contribution in [0.4, 0.5) is 0 Å². The van der Waals surface area contributed by atoms with Crippen LogP contribution in [0.1, 0.15) is 23.8 Å². The van der Waals surface area contributed by atoms with Crippen molar-refractivity contribution in [3.63, 3.8) is 0 Å². The van der Waals surface area contributed by atoms with Crippen molar-refractivity contribution in [2.45, 2.75) is 24.0 Å². The molecule has 0 unspecified atom stereocenters. The zero-order valence-corrected chi connectivity index (χ0v) is 18.9. The fourth-order valence-electron chi connectivity index (χ4n) is 3.63. The topological polar surface area (TPSA) is 72.1 Å². The van der Waals surface area contributed by atoms with Crippen molar-refractivity contribution in [1.82, 2.24) is 20.1 Å². The summed E-state index contributed by atoms with van der Waals surface area (Å²) in [6.45, 7) is 1.50. The van der Waals surface area contributed by atoms with E-state index in [2.05, 4.69) is 22.3 Å². The Morgan fingerprint density at radius 3 is 2.68 bits per heavy atom. The van der Waals surface area contributed by atoms with Crippen molar-refractivity contribution in [2.24, 2.45) is 0 Å². The van der Waals surface area contributed by atoms with Crippen molar-refractivity contribution >= 4 is 50.8 Å². The highest BCUT2D eigenvalue weighted by Gasteiger charge is 2.26. The van der Waals surface area contributed by atoms with Gasteiger partial charge in [0, 0.05) is 29.6 Å². The van der Waals surface area contributed by atoms with Gasteiger partial charge in [0.1, 0.15) is 0 Å². The molecule has 9 heteroatoms. The van der Waals surface area contributed by atoms with Gasteiger partial charge in [0.15, 0.2) is 0 Å². The summed E-state index contributed by atoms with van der Waals surface area (Å²) in [5.41, 5.74) is 1.86. The molecule has 5 rings (SSSR count). The van der Waals surface area contributed by atoms with E-state index in [9.17, 15) is 4.79 Å². The van der Waals surface area contributed by atoms with Crippen molar-refractivity contribution in [1.29, 1.82) is 0 Å². The number of para-hydroxylation sites is 1. The number of thioether (sulfide) groups is 1. The number of carbonyl (C=O) groups excluding carboxylic acids is 1. The lowest BCUT2D eigenvalue weighted by Gasteiger charge is -2.31. The molecule has 158 valence electrons. The SMILES string of the molecule is O=C(CSc1nnc(-c2ccc(Cl)cc2)o1)N1CCC(c2nc3ccccc3s2)CC1. The molecule has 0 atom stereocenters. The van der Waals surface area contributed by atoms with Crippen LogP contribution < -0.4 is 0 Å². The summed E-state index contributed by atoms with van der Waals surface area (Å²) in [7, 11) is 0. The van der Waals surface area contributed by atoms with Crippen LogP contribution in [0, 0.1) is 0 Å². The molecular weight excluding hydrogens is 452 g/mol. The number of hydrogen-bond acceptors (Lipinski definition) is 7. The molecule has 0 bridgehead atoms. The number of likely N-dealkylation sites (tertiary alicyclic amines) is 1. The van der Waals surface area contributed by atoms with Crippen molar-refractivity contribution in [2.75, 3.05) is 18.8 Å². The van der Waals surface area contributed by atoms with E-state index in [-0.39, 0.29) is 11.7 Å². The Morgan fingerprint density at radius 2 is 1.90 bits per heavy atom. The van der Waals surface area contributed by atoms with E-state index in [0.29, 0.717) is 22.1 Å². The van der Waals surface area contributed by atoms with Gasteiger partial charge in [0.2, 0.25) is 11.8 Å². The van der Waals surface area contributed by atoms with Gasteiger partial charge in [-0.1, -0.05) is 35.5 Å². The largest absolute Gasteiger partial charge is 0.411 e. The van der Waals surface area contributed by atoms with Crippen LogP contribution in [0.5, 0.6) is 0 Å². The molecule has 6 nitrogen and oxygen atoms in total. The number of aromatic nitrogens is 3. The van der Waals surface area contributed by atoms with Crippen molar-refractivity contribution in [3.05, 3.63) is 58.6 Å². The molecule has 3 heterocycles. The van der Waals surface area contributed by atoms with Gasteiger partial charge in [0.05, 0.1) is 21.0 Å². The summed E-state index contributed by atoms with van der Waals surface area (Å²) < 4.78 is 6.90. The van der Waals surface area contributed by atoms with Gasteiger partial charge in [-0.05, 0) is 49.2 Å². The first kappa shape index (κ1) is 20.5. The zero-order valence-electron chi connectivity index (χ0n) is 16.5. The number of piperidine rings is 1. The first-order chi connectivity index (χ1) is 15.2. The third-order valence-electron chi connectivity index (χ3n) is 5.32. The molecule has 0 aliphatic carbocycles. The van der Waals surface area contributed by atoms with E-state index >= 15 is 0 Å². The number of fused-ring (bicyclic) bond motifs is 1. The summed E-state index contributed by atoms with van der Waals surface area (Å²) in [5.74, 6) is 1.22. The molecule has 2 aromatic heterocycles. The van der Waals surface area contributed by atoms with Gasteiger partial charge >= 0.3 is 0 Å². The Morgan fingerprint density at radius 1 is 1.13 bits per heavy atom. The van der Waals surface area contributed by atoms with E-state index in [1.165, 1.54) is 21.5 Å². The third-order valence-corrected chi connectivity index (χ3v) is 7.58. The molecule has 31 heavy (non-hydrogen) atoms. The minimum Gasteiger partial charge on any atom is -0.411 e. The average molecular weight is 471 g/mol. The monoisotopic (exact) mass is 470 g/mol. The van der Waals surface area contributed by atoms with Gasteiger partial charge in [-0.2, -0.15) is 0 Å². The molecular formula is C22H19ClN4O2S2. The molecule has 0 saturated carbocycles. The summed E-state index contributed by atoms with van der Waals surface area (Å²) in [5, 5.41) is 10.3. The van der Waals surface area contributed by atoms with E-state index in [0.717, 1.165) is 37.0 Å². The minimum atomic E-state index is 0.0963. The molecule has 1 aliphatic heterocycles. The van der Waals surface area contributed by atoms with Gasteiger partial charge in [-0.3, -0.25) is 4.79 Å². The van der Waals surface area contributed by atoms with Gasteiger partial charge in [0.25, 0.3) is 5.22 Å². The quantitative estimate of drug-likeness (QED) is 0.359. The second-order valence-electron chi connectivity index (χ2n) is 7.34. The van der Waals surface area contributed by atoms with E-state index in [4.69, 9.17) is 21.0 Å². The first-order valence-electron chi connectivity index (χ1n) is 10.0. The molecule has 1 aliphatic rings. The van der Waals surface area contributed by atoms with E-state index in [1.54, 1.807) is 23.5 Å². The Labute approximate surface area is 192 Å². The number of rotatable bonds is 5. The molecule has 4 aromatic rings. The number of amides is 1.